The number of amides is 1. The van der Waals surface area contributed by atoms with E-state index in [1.54, 1.807) is 50.3 Å². The number of unbranched alkanes of at least 4 members (excludes halogenated alkanes) is 20. The summed E-state index contributed by atoms with van der Waals surface area (Å²) in [6.07, 6.45) is 42.4. The summed E-state index contributed by atoms with van der Waals surface area (Å²) in [5.74, 6) is -0.333. The maximum atomic E-state index is 9.22. The molecule has 0 aromatic heterocycles. The molecule has 0 fully saturated rings. The van der Waals surface area contributed by atoms with Crippen LogP contribution in [-0.2, 0) is 4.79 Å². The van der Waals surface area contributed by atoms with Gasteiger partial charge < -0.3 is 5.73 Å². The number of nitrogens with two attached hydrogens (primary N) is 1. The van der Waals surface area contributed by atoms with Gasteiger partial charge in [0.15, 0.2) is 0 Å². The topological polar surface area (TPSA) is 43.1 Å². The summed E-state index contributed by atoms with van der Waals surface area (Å²) in [5.41, 5.74) is 4.47. The Kier molecular flexibility index (Phi) is 33.9. The number of rotatable bonds is 28. The molecule has 0 saturated heterocycles. The fourth-order valence-electron chi connectivity index (χ4n) is 5.87. The molecule has 0 radical (unpaired) electrons. The number of carbonyl (C=O) groups excluding carboxylic acids is 1. The van der Waals surface area contributed by atoms with E-state index in [0.717, 1.165) is 0 Å². The van der Waals surface area contributed by atoms with Gasteiger partial charge in [0.25, 0.3) is 0 Å². The van der Waals surface area contributed by atoms with E-state index in [2.05, 4.69) is 33.4 Å². The first kappa shape index (κ1) is 39.0. The molecule has 37 heavy (non-hydrogen) atoms. The van der Waals surface area contributed by atoms with Gasteiger partial charge in [-0.15, -0.1) is 0 Å². The predicted molar refractivity (Wildman–Crippen MR) is 176 cm³/mol. The molecule has 2 N–H and O–H groups in total. The maximum absolute atomic E-state index is 9.22. The second kappa shape index (κ2) is 32.1. The van der Waals surface area contributed by atoms with Gasteiger partial charge in [0.05, 0.1) is 0 Å². The van der Waals surface area contributed by atoms with Gasteiger partial charge in [-0.2, -0.15) is 0 Å². The van der Waals surface area contributed by atoms with Crippen molar-refractivity contribution in [1.29, 1.82) is 0 Å². The minimum atomic E-state index is -1.07. The SMILES string of the molecule is CC(N)=O.CCCCCCCC[PH](CCCCCCCC)(CCCCCCCC)CCCCCCCC. The average molecular weight is 544 g/mol. The quantitative estimate of drug-likeness (QED) is 0.0773. The summed E-state index contributed by atoms with van der Waals surface area (Å²) >= 11 is 0. The normalized spacial score (nSPS) is 11.8. The zero-order chi connectivity index (χ0) is 27.9. The standard InChI is InChI=1S/C32H69P.C2H5NO/c1-5-9-13-17-21-25-29-33(30-26-22-18-14-10-6-2,31-27-23-19-15-11-7-3)32-28-24-20-16-12-8-4;1-2(3)4/h33H,5-32H2,1-4H3;1H3,(H2,3,4). The molecule has 0 aliphatic carbocycles. The fraction of sp³-hybridized carbons (Fsp3) is 0.971. The van der Waals surface area contributed by atoms with E-state index < -0.39 is 7.26 Å². The molecule has 0 unspecified atom stereocenters. The first-order valence-electron chi connectivity index (χ1n) is 17.2. The van der Waals surface area contributed by atoms with Crippen molar-refractivity contribution in [3.05, 3.63) is 0 Å². The van der Waals surface area contributed by atoms with Crippen molar-refractivity contribution in [2.45, 2.75) is 189 Å². The van der Waals surface area contributed by atoms with Crippen LogP contribution in [0, 0.1) is 0 Å². The van der Waals surface area contributed by atoms with Crippen LogP contribution >= 0.6 is 7.26 Å². The Balaban J connectivity index is 0. The van der Waals surface area contributed by atoms with Crippen molar-refractivity contribution in [1.82, 2.24) is 0 Å². The number of carbonyl (C=O) groups is 1. The van der Waals surface area contributed by atoms with Gasteiger partial charge in [0.2, 0.25) is 5.91 Å². The van der Waals surface area contributed by atoms with Gasteiger partial charge in [-0.3, -0.25) is 4.79 Å². The second-order valence-electron chi connectivity index (χ2n) is 12.2. The van der Waals surface area contributed by atoms with Crippen LogP contribution in [0.3, 0.4) is 0 Å². The summed E-state index contributed by atoms with van der Waals surface area (Å²) in [6, 6.07) is 0. The molecule has 0 spiro atoms. The molecule has 0 bridgehead atoms. The van der Waals surface area contributed by atoms with Gasteiger partial charge in [-0.05, 0) is 0 Å². The van der Waals surface area contributed by atoms with Gasteiger partial charge in [-0.1, -0.05) is 0 Å². The molecule has 0 aliphatic rings. The van der Waals surface area contributed by atoms with E-state index in [0.29, 0.717) is 0 Å². The molecule has 0 rings (SSSR count). The summed E-state index contributed by atoms with van der Waals surface area (Å²) in [6.45, 7) is 10.7. The third-order valence-corrected chi connectivity index (χ3v) is 13.9. The summed E-state index contributed by atoms with van der Waals surface area (Å²) in [5, 5.41) is 0. The molecule has 0 aliphatic heterocycles. The van der Waals surface area contributed by atoms with Crippen molar-refractivity contribution in [3.8, 4) is 0 Å². The molecule has 3 heteroatoms. The van der Waals surface area contributed by atoms with Crippen LogP contribution in [0.15, 0.2) is 0 Å². The van der Waals surface area contributed by atoms with Crippen molar-refractivity contribution in [3.63, 3.8) is 0 Å². The Morgan fingerprint density at radius 1 is 0.405 bits per heavy atom. The monoisotopic (exact) mass is 544 g/mol. The van der Waals surface area contributed by atoms with Gasteiger partial charge in [0.1, 0.15) is 0 Å². The van der Waals surface area contributed by atoms with E-state index in [-0.39, 0.29) is 5.91 Å². The molecule has 0 saturated carbocycles. The first-order valence-corrected chi connectivity index (χ1v) is 20.1. The number of primary amides is 1. The molecular formula is C34H74NOP. The Bertz CT molecular complexity index is 366. The molecule has 0 aromatic carbocycles. The van der Waals surface area contributed by atoms with Gasteiger partial charge >= 0.3 is 214 Å². The third kappa shape index (κ3) is 32.0. The molecule has 0 atom stereocenters. The molecule has 2 nitrogen and oxygen atoms in total. The zero-order valence-electron chi connectivity index (χ0n) is 26.8. The number of hydrogen-bond acceptors (Lipinski definition) is 1. The van der Waals surface area contributed by atoms with E-state index >= 15 is 0 Å². The van der Waals surface area contributed by atoms with Crippen LogP contribution in [0.5, 0.6) is 0 Å². The molecule has 1 amide bonds. The molecule has 0 aromatic rings. The summed E-state index contributed by atoms with van der Waals surface area (Å²) in [7, 11) is -1.07. The van der Waals surface area contributed by atoms with E-state index in [1.165, 1.54) is 135 Å². The Hall–Kier alpha value is -0.100. The van der Waals surface area contributed by atoms with E-state index in [1.807, 2.05) is 0 Å². The van der Waals surface area contributed by atoms with E-state index in [4.69, 9.17) is 0 Å². The van der Waals surface area contributed by atoms with E-state index in [9.17, 15) is 4.79 Å². The van der Waals surface area contributed by atoms with Crippen molar-refractivity contribution in [2.24, 2.45) is 5.73 Å². The van der Waals surface area contributed by atoms with Crippen LogP contribution in [0.25, 0.3) is 0 Å². The zero-order valence-corrected chi connectivity index (χ0v) is 27.8. The fourth-order valence-corrected chi connectivity index (χ4v) is 11.4. The predicted octanol–water partition coefficient (Wildman–Crippen LogP) is 11.7. The number of hydrogen-bond donors (Lipinski definition) is 1. The Labute approximate surface area is 236 Å². The van der Waals surface area contributed by atoms with Gasteiger partial charge in [0, 0.05) is 6.92 Å². The third-order valence-electron chi connectivity index (χ3n) is 8.24. The van der Waals surface area contributed by atoms with Crippen molar-refractivity contribution >= 4 is 13.2 Å². The Morgan fingerprint density at radius 3 is 0.757 bits per heavy atom. The second-order valence-corrected chi connectivity index (χ2v) is 17.2. The van der Waals surface area contributed by atoms with Crippen molar-refractivity contribution in [2.75, 3.05) is 24.6 Å². The minimum absolute atomic E-state index is 0.333. The molecule has 0 heterocycles. The average Bonchev–Trinajstić information content (AvgIpc) is 2.87. The van der Waals surface area contributed by atoms with Crippen LogP contribution in [0.4, 0.5) is 0 Å². The molecule has 226 valence electrons. The van der Waals surface area contributed by atoms with Crippen LogP contribution in [-0.4, -0.2) is 30.6 Å². The summed E-state index contributed by atoms with van der Waals surface area (Å²) in [4.78, 5) is 9.22. The van der Waals surface area contributed by atoms with Crippen molar-refractivity contribution < 1.29 is 4.79 Å². The summed E-state index contributed by atoms with van der Waals surface area (Å²) < 4.78 is 0. The molecular weight excluding hydrogens is 469 g/mol. The first-order chi connectivity index (χ1) is 18.0. The Morgan fingerprint density at radius 2 is 0.568 bits per heavy atom. The van der Waals surface area contributed by atoms with Crippen LogP contribution in [0.1, 0.15) is 189 Å². The van der Waals surface area contributed by atoms with Crippen LogP contribution in [0.2, 0.25) is 0 Å². The van der Waals surface area contributed by atoms with Gasteiger partial charge in [-0.25, -0.2) is 0 Å². The van der Waals surface area contributed by atoms with Crippen LogP contribution < -0.4 is 5.73 Å².